The molecular weight excluding hydrogens is 396 g/mol. The molecule has 3 aromatic rings. The molecule has 146 valence electrons. The van der Waals surface area contributed by atoms with Crippen molar-refractivity contribution in [3.8, 4) is 0 Å². The number of fused-ring (bicyclic) bond motifs is 1. The average Bonchev–Trinajstić information content (AvgIpc) is 2.67. The van der Waals surface area contributed by atoms with Crippen LogP contribution in [0.1, 0.15) is 24.9 Å². The fourth-order valence-corrected chi connectivity index (χ4v) is 4.17. The second kappa shape index (κ2) is 8.73. The molecule has 0 saturated heterocycles. The van der Waals surface area contributed by atoms with Crippen molar-refractivity contribution in [2.45, 2.75) is 24.3 Å². The molecule has 0 aliphatic heterocycles. The molecule has 3 rings (SSSR count). The summed E-state index contributed by atoms with van der Waals surface area (Å²) >= 11 is 5.77. The van der Waals surface area contributed by atoms with Gasteiger partial charge in [0.25, 0.3) is 0 Å². The molecule has 0 aromatic heterocycles. The van der Waals surface area contributed by atoms with Crippen molar-refractivity contribution in [1.82, 2.24) is 10.0 Å². The molecule has 1 amide bonds. The van der Waals surface area contributed by atoms with Crippen molar-refractivity contribution in [3.05, 3.63) is 77.3 Å². The Labute approximate surface area is 169 Å². The highest BCUT2D eigenvalue weighted by Gasteiger charge is 2.16. The lowest BCUT2D eigenvalue weighted by atomic mass is 9.99. The Hall–Kier alpha value is -2.41. The van der Waals surface area contributed by atoms with Crippen LogP contribution in [0, 0.1) is 0 Å². The summed E-state index contributed by atoms with van der Waals surface area (Å²) in [7, 11) is -3.67. The van der Waals surface area contributed by atoms with Gasteiger partial charge in [-0.2, -0.15) is 0 Å². The van der Waals surface area contributed by atoms with Gasteiger partial charge >= 0.3 is 0 Å². The van der Waals surface area contributed by atoms with Crippen LogP contribution in [-0.4, -0.2) is 20.9 Å². The largest absolute Gasteiger partial charge is 0.350 e. The zero-order valence-corrected chi connectivity index (χ0v) is 16.9. The van der Waals surface area contributed by atoms with E-state index in [2.05, 4.69) is 10.0 Å². The standard InChI is InChI=1S/C21H21ClN2O3S/c1-15(19-8-4-6-16-5-2-3-7-20(16)19)24-21(25)13-14-23-28(26,27)18-11-9-17(22)10-12-18/h2-12,15,23H,13-14H2,1H3,(H,24,25)/t15-/m0/s1. The molecule has 0 fully saturated rings. The molecule has 0 bridgehead atoms. The Balaban J connectivity index is 1.57. The highest BCUT2D eigenvalue weighted by molar-refractivity contribution is 7.89. The first-order chi connectivity index (χ1) is 13.4. The van der Waals surface area contributed by atoms with Crippen molar-refractivity contribution in [3.63, 3.8) is 0 Å². The predicted octanol–water partition coefficient (Wildman–Crippen LogP) is 4.04. The lowest BCUT2D eigenvalue weighted by Gasteiger charge is -2.17. The van der Waals surface area contributed by atoms with Crippen molar-refractivity contribution >= 4 is 38.3 Å². The third-order valence-electron chi connectivity index (χ3n) is 4.44. The lowest BCUT2D eigenvalue weighted by molar-refractivity contribution is -0.121. The summed E-state index contributed by atoms with van der Waals surface area (Å²) in [6, 6.07) is 19.6. The first-order valence-electron chi connectivity index (χ1n) is 8.89. The number of amides is 1. The molecule has 0 radical (unpaired) electrons. The first-order valence-corrected chi connectivity index (χ1v) is 10.8. The normalized spacial score (nSPS) is 12.6. The van der Waals surface area contributed by atoms with Gasteiger partial charge in [-0.1, -0.05) is 54.1 Å². The summed E-state index contributed by atoms with van der Waals surface area (Å²) in [4.78, 5) is 12.4. The van der Waals surface area contributed by atoms with Crippen molar-refractivity contribution < 1.29 is 13.2 Å². The van der Waals surface area contributed by atoms with E-state index >= 15 is 0 Å². The maximum Gasteiger partial charge on any atom is 0.240 e. The summed E-state index contributed by atoms with van der Waals surface area (Å²) < 4.78 is 26.9. The second-order valence-electron chi connectivity index (χ2n) is 6.46. The monoisotopic (exact) mass is 416 g/mol. The second-order valence-corrected chi connectivity index (χ2v) is 8.66. The quantitative estimate of drug-likeness (QED) is 0.610. The number of carbonyl (C=O) groups excluding carboxylic acids is 1. The van der Waals surface area contributed by atoms with Crippen LogP contribution in [0.25, 0.3) is 10.8 Å². The number of nitrogens with one attached hydrogen (secondary N) is 2. The molecular formula is C21H21ClN2O3S. The van der Waals surface area contributed by atoms with Crippen LogP contribution in [0.5, 0.6) is 0 Å². The summed E-state index contributed by atoms with van der Waals surface area (Å²) in [6.07, 6.45) is 0.0436. The molecule has 0 saturated carbocycles. The third-order valence-corrected chi connectivity index (χ3v) is 6.16. The Morgan fingerprint density at radius 3 is 2.43 bits per heavy atom. The Kier molecular flexibility index (Phi) is 6.34. The summed E-state index contributed by atoms with van der Waals surface area (Å²) in [5.74, 6) is -0.223. The van der Waals surface area contributed by atoms with E-state index in [4.69, 9.17) is 11.6 Å². The van der Waals surface area contributed by atoms with Crippen LogP contribution in [-0.2, 0) is 14.8 Å². The number of halogens is 1. The number of sulfonamides is 1. The fraction of sp³-hybridized carbons (Fsp3) is 0.190. The maximum atomic E-state index is 12.3. The van der Waals surface area contributed by atoms with Gasteiger partial charge in [-0.25, -0.2) is 13.1 Å². The minimum atomic E-state index is -3.67. The van der Waals surface area contributed by atoms with Gasteiger partial charge in [0.15, 0.2) is 0 Å². The molecule has 0 aliphatic rings. The molecule has 0 aliphatic carbocycles. The van der Waals surface area contributed by atoms with Crippen LogP contribution in [0.4, 0.5) is 0 Å². The molecule has 3 aromatic carbocycles. The number of hydrogen-bond donors (Lipinski definition) is 2. The third kappa shape index (κ3) is 4.90. The van der Waals surface area contributed by atoms with Gasteiger partial charge in [-0.05, 0) is 47.5 Å². The van der Waals surface area contributed by atoms with E-state index in [-0.39, 0.29) is 29.8 Å². The molecule has 2 N–H and O–H groups in total. The van der Waals surface area contributed by atoms with Gasteiger partial charge in [-0.15, -0.1) is 0 Å². The predicted molar refractivity (Wildman–Crippen MR) is 112 cm³/mol. The van der Waals surface area contributed by atoms with Crippen molar-refractivity contribution in [2.24, 2.45) is 0 Å². The van der Waals surface area contributed by atoms with Crippen molar-refractivity contribution in [1.29, 1.82) is 0 Å². The smallest absolute Gasteiger partial charge is 0.240 e. The molecule has 28 heavy (non-hydrogen) atoms. The van der Waals surface area contributed by atoms with Crippen LogP contribution >= 0.6 is 11.6 Å². The van der Waals surface area contributed by atoms with Gasteiger partial charge in [0.1, 0.15) is 0 Å². The van der Waals surface area contributed by atoms with E-state index in [1.165, 1.54) is 24.3 Å². The minimum Gasteiger partial charge on any atom is -0.350 e. The minimum absolute atomic E-state index is 0.0129. The Morgan fingerprint density at radius 1 is 1.00 bits per heavy atom. The summed E-state index contributed by atoms with van der Waals surface area (Å²) in [5.41, 5.74) is 1.02. The van der Waals surface area contributed by atoms with E-state index in [1.807, 2.05) is 49.4 Å². The summed E-state index contributed by atoms with van der Waals surface area (Å²) in [6.45, 7) is 1.93. The Bertz CT molecular complexity index is 1080. The molecule has 5 nitrogen and oxygen atoms in total. The molecule has 7 heteroatoms. The fourth-order valence-electron chi connectivity index (χ4n) is 3.02. The zero-order chi connectivity index (χ0) is 20.1. The SMILES string of the molecule is C[C@H](NC(=O)CCNS(=O)(=O)c1ccc(Cl)cc1)c1cccc2ccccc12. The van der Waals surface area contributed by atoms with Crippen molar-refractivity contribution in [2.75, 3.05) is 6.54 Å². The van der Waals surface area contributed by atoms with Gasteiger partial charge in [-0.3, -0.25) is 4.79 Å². The zero-order valence-electron chi connectivity index (χ0n) is 15.4. The number of hydrogen-bond acceptors (Lipinski definition) is 3. The molecule has 0 spiro atoms. The molecule has 1 atom stereocenters. The molecule has 0 heterocycles. The number of rotatable bonds is 7. The number of benzene rings is 3. The van der Waals surface area contributed by atoms with E-state index in [9.17, 15) is 13.2 Å². The topological polar surface area (TPSA) is 75.3 Å². The van der Waals surface area contributed by atoms with Crippen LogP contribution in [0.2, 0.25) is 5.02 Å². The van der Waals surface area contributed by atoms with Crippen LogP contribution < -0.4 is 10.0 Å². The van der Waals surface area contributed by atoms with Gasteiger partial charge in [0.2, 0.25) is 15.9 Å². The van der Waals surface area contributed by atoms with Gasteiger partial charge in [0.05, 0.1) is 10.9 Å². The van der Waals surface area contributed by atoms with Crippen LogP contribution in [0.15, 0.2) is 71.6 Å². The number of carbonyl (C=O) groups is 1. The molecule has 0 unspecified atom stereocenters. The Morgan fingerprint density at radius 2 is 1.68 bits per heavy atom. The van der Waals surface area contributed by atoms with Gasteiger partial charge < -0.3 is 5.32 Å². The van der Waals surface area contributed by atoms with E-state index < -0.39 is 10.0 Å². The van der Waals surface area contributed by atoms with E-state index in [0.717, 1.165) is 16.3 Å². The first kappa shape index (κ1) is 20.3. The summed E-state index contributed by atoms with van der Waals surface area (Å²) in [5, 5.41) is 5.58. The van der Waals surface area contributed by atoms with Crippen LogP contribution in [0.3, 0.4) is 0 Å². The lowest BCUT2D eigenvalue weighted by Crippen LogP contribution is -2.32. The highest BCUT2D eigenvalue weighted by atomic mass is 35.5. The van der Waals surface area contributed by atoms with E-state index in [0.29, 0.717) is 5.02 Å². The van der Waals surface area contributed by atoms with E-state index in [1.54, 1.807) is 0 Å². The average molecular weight is 417 g/mol. The maximum absolute atomic E-state index is 12.3. The van der Waals surface area contributed by atoms with Gasteiger partial charge in [0, 0.05) is 18.0 Å². The highest BCUT2D eigenvalue weighted by Crippen LogP contribution is 2.24.